The minimum absolute atomic E-state index is 0.0762. The number of benzene rings is 3. The van der Waals surface area contributed by atoms with E-state index in [4.69, 9.17) is 16.3 Å². The standard InChI is InChI=1S/C30H25ClFN3O4S2/c1-2-3-16-39-22-14-10-18(11-15-22)25-24(26(36)19-8-12-21(31)13-9-19)27(37)28(38)35(25)29-33-34-30(41-29)40-17-20-6-4-5-7-23(20)32/h4-15,25,36H,2-3,16-17H2,1H3/b26-24-. The van der Waals surface area contributed by atoms with Crippen molar-refractivity contribution in [3.8, 4) is 5.75 Å². The molecule has 1 fully saturated rings. The number of unbranched alkanes of at least 4 members (excludes halogenated alkanes) is 1. The summed E-state index contributed by atoms with van der Waals surface area (Å²) < 4.78 is 20.4. The predicted molar refractivity (Wildman–Crippen MR) is 159 cm³/mol. The second kappa shape index (κ2) is 12.8. The smallest absolute Gasteiger partial charge is 0.301 e. The van der Waals surface area contributed by atoms with Gasteiger partial charge in [0.1, 0.15) is 17.3 Å². The molecule has 1 unspecified atom stereocenters. The monoisotopic (exact) mass is 609 g/mol. The fraction of sp³-hybridized carbons (Fsp3) is 0.200. The highest BCUT2D eigenvalue weighted by Crippen LogP contribution is 2.44. The number of anilines is 1. The van der Waals surface area contributed by atoms with Crippen LogP contribution < -0.4 is 9.64 Å². The van der Waals surface area contributed by atoms with E-state index < -0.39 is 17.7 Å². The number of aromatic nitrogens is 2. The van der Waals surface area contributed by atoms with Crippen LogP contribution in [0.15, 0.2) is 82.7 Å². The van der Waals surface area contributed by atoms with E-state index >= 15 is 0 Å². The van der Waals surface area contributed by atoms with Gasteiger partial charge in [-0.05, 0) is 60.0 Å². The molecule has 0 bridgehead atoms. The van der Waals surface area contributed by atoms with Crippen LogP contribution in [0.4, 0.5) is 9.52 Å². The number of aliphatic hydroxyl groups excluding tert-OH is 1. The Hall–Kier alpha value is -3.73. The summed E-state index contributed by atoms with van der Waals surface area (Å²) in [6.45, 7) is 2.65. The van der Waals surface area contributed by atoms with Gasteiger partial charge >= 0.3 is 5.91 Å². The van der Waals surface area contributed by atoms with E-state index in [1.165, 1.54) is 22.7 Å². The van der Waals surface area contributed by atoms with Crippen LogP contribution in [0.25, 0.3) is 5.76 Å². The van der Waals surface area contributed by atoms with Gasteiger partial charge in [0, 0.05) is 16.3 Å². The van der Waals surface area contributed by atoms with Crippen LogP contribution in [0.1, 0.15) is 42.5 Å². The number of thioether (sulfide) groups is 1. The Labute approximate surface area is 249 Å². The molecule has 1 saturated heterocycles. The molecule has 210 valence electrons. The number of halogens is 2. The summed E-state index contributed by atoms with van der Waals surface area (Å²) in [5, 5.41) is 20.3. The molecule has 1 aliphatic heterocycles. The lowest BCUT2D eigenvalue weighted by molar-refractivity contribution is -0.132. The molecule has 0 radical (unpaired) electrons. The van der Waals surface area contributed by atoms with Crippen molar-refractivity contribution >= 4 is 57.3 Å². The number of carbonyl (C=O) groups excluding carboxylic acids is 2. The molecule has 4 aromatic rings. The maximum Gasteiger partial charge on any atom is 0.301 e. The highest BCUT2D eigenvalue weighted by Gasteiger charge is 2.48. The average Bonchev–Trinajstić information content (AvgIpc) is 3.55. The molecule has 3 aromatic carbocycles. The Balaban J connectivity index is 1.51. The molecular weight excluding hydrogens is 585 g/mol. The zero-order chi connectivity index (χ0) is 28.9. The van der Waals surface area contributed by atoms with E-state index in [0.29, 0.717) is 44.2 Å². The van der Waals surface area contributed by atoms with Crippen molar-refractivity contribution in [1.29, 1.82) is 0 Å². The van der Waals surface area contributed by atoms with Crippen LogP contribution in [0, 0.1) is 5.82 Å². The molecule has 5 rings (SSSR count). The van der Waals surface area contributed by atoms with Crippen molar-refractivity contribution in [2.75, 3.05) is 11.5 Å². The largest absolute Gasteiger partial charge is 0.507 e. The van der Waals surface area contributed by atoms with Crippen molar-refractivity contribution < 1.29 is 23.8 Å². The minimum atomic E-state index is -0.965. The number of ether oxygens (including phenoxy) is 1. The van der Waals surface area contributed by atoms with E-state index in [1.54, 1.807) is 66.7 Å². The van der Waals surface area contributed by atoms with E-state index in [1.807, 2.05) is 0 Å². The van der Waals surface area contributed by atoms with E-state index in [0.717, 1.165) is 24.2 Å². The van der Waals surface area contributed by atoms with Gasteiger partial charge in [-0.25, -0.2) is 4.39 Å². The first-order chi connectivity index (χ1) is 19.9. The van der Waals surface area contributed by atoms with Crippen molar-refractivity contribution in [1.82, 2.24) is 10.2 Å². The Bertz CT molecular complexity index is 1590. The number of carbonyl (C=O) groups is 2. The number of hydrogen-bond acceptors (Lipinski definition) is 8. The number of rotatable bonds is 10. The Morgan fingerprint density at radius 3 is 2.51 bits per heavy atom. The summed E-state index contributed by atoms with van der Waals surface area (Å²) in [5.74, 6) is -1.36. The molecule has 1 aliphatic rings. The predicted octanol–water partition coefficient (Wildman–Crippen LogP) is 7.43. The van der Waals surface area contributed by atoms with Crippen molar-refractivity contribution in [3.63, 3.8) is 0 Å². The highest BCUT2D eigenvalue weighted by atomic mass is 35.5. The molecule has 41 heavy (non-hydrogen) atoms. The van der Waals surface area contributed by atoms with Gasteiger partial charge in [0.15, 0.2) is 4.34 Å². The number of Topliss-reactive ketones (excluding diaryl/α,β-unsaturated/α-hetero) is 1. The first-order valence-electron chi connectivity index (χ1n) is 12.9. The lowest BCUT2D eigenvalue weighted by Gasteiger charge is -2.22. The lowest BCUT2D eigenvalue weighted by atomic mass is 9.95. The molecule has 1 atom stereocenters. The van der Waals surface area contributed by atoms with Crippen LogP contribution in [-0.2, 0) is 15.3 Å². The van der Waals surface area contributed by atoms with Crippen LogP contribution in [0.2, 0.25) is 5.02 Å². The topological polar surface area (TPSA) is 92.6 Å². The second-order valence-electron chi connectivity index (χ2n) is 9.18. The van der Waals surface area contributed by atoms with Gasteiger partial charge in [-0.15, -0.1) is 10.2 Å². The molecule has 1 N–H and O–H groups in total. The molecule has 0 saturated carbocycles. The van der Waals surface area contributed by atoms with Gasteiger partial charge in [-0.2, -0.15) is 0 Å². The number of ketones is 1. The minimum Gasteiger partial charge on any atom is -0.507 e. The lowest BCUT2D eigenvalue weighted by Crippen LogP contribution is -2.29. The SMILES string of the molecule is CCCCOc1ccc(C2/C(=C(/O)c3ccc(Cl)cc3)C(=O)C(=O)N2c2nnc(SCc3ccccc3F)s2)cc1. The molecule has 2 heterocycles. The van der Waals surface area contributed by atoms with Gasteiger partial charge < -0.3 is 9.84 Å². The summed E-state index contributed by atoms with van der Waals surface area (Å²) in [6, 6.07) is 18.9. The van der Waals surface area contributed by atoms with Crippen LogP contribution in [0.5, 0.6) is 5.75 Å². The van der Waals surface area contributed by atoms with Gasteiger partial charge in [-0.3, -0.25) is 14.5 Å². The quantitative estimate of drug-likeness (QED) is 0.0499. The van der Waals surface area contributed by atoms with Crippen molar-refractivity contribution in [2.24, 2.45) is 0 Å². The normalized spacial score (nSPS) is 16.4. The first-order valence-corrected chi connectivity index (χ1v) is 15.0. The molecular formula is C30H25ClFN3O4S2. The molecule has 0 aliphatic carbocycles. The summed E-state index contributed by atoms with van der Waals surface area (Å²) >= 11 is 8.40. The fourth-order valence-electron chi connectivity index (χ4n) is 4.30. The Morgan fingerprint density at radius 2 is 1.80 bits per heavy atom. The number of hydrogen-bond donors (Lipinski definition) is 1. The van der Waals surface area contributed by atoms with E-state index in [9.17, 15) is 19.1 Å². The van der Waals surface area contributed by atoms with Crippen LogP contribution in [-0.4, -0.2) is 33.6 Å². The van der Waals surface area contributed by atoms with Gasteiger partial charge in [0.2, 0.25) is 5.13 Å². The second-order valence-corrected chi connectivity index (χ2v) is 11.8. The highest BCUT2D eigenvalue weighted by molar-refractivity contribution is 8.00. The van der Waals surface area contributed by atoms with Gasteiger partial charge in [0.05, 0.1) is 18.2 Å². The maximum absolute atomic E-state index is 14.1. The summed E-state index contributed by atoms with van der Waals surface area (Å²) in [6.07, 6.45) is 1.91. The zero-order valence-corrected chi connectivity index (χ0v) is 24.3. The summed E-state index contributed by atoms with van der Waals surface area (Å²) in [4.78, 5) is 28.1. The average molecular weight is 610 g/mol. The molecule has 7 nitrogen and oxygen atoms in total. The van der Waals surface area contributed by atoms with Crippen LogP contribution in [0.3, 0.4) is 0 Å². The number of aliphatic hydroxyl groups is 1. The van der Waals surface area contributed by atoms with Crippen molar-refractivity contribution in [2.45, 2.75) is 35.9 Å². The Morgan fingerprint density at radius 1 is 1.07 bits per heavy atom. The molecule has 11 heteroatoms. The van der Waals surface area contributed by atoms with Crippen molar-refractivity contribution in [3.05, 3.63) is 106 Å². The fourth-order valence-corrected chi connectivity index (χ4v) is 6.28. The zero-order valence-electron chi connectivity index (χ0n) is 21.9. The van der Waals surface area contributed by atoms with E-state index in [-0.39, 0.29) is 22.3 Å². The van der Waals surface area contributed by atoms with Gasteiger partial charge in [0.25, 0.3) is 5.78 Å². The number of nitrogens with zero attached hydrogens (tertiary/aromatic N) is 3. The molecule has 0 spiro atoms. The van der Waals surface area contributed by atoms with Crippen LogP contribution >= 0.6 is 34.7 Å². The number of amides is 1. The maximum atomic E-state index is 14.1. The molecule has 1 amide bonds. The Kier molecular flexibility index (Phi) is 9.02. The van der Waals surface area contributed by atoms with Gasteiger partial charge in [-0.1, -0.05) is 78.4 Å². The third-order valence-electron chi connectivity index (χ3n) is 6.44. The summed E-state index contributed by atoms with van der Waals surface area (Å²) in [7, 11) is 0. The summed E-state index contributed by atoms with van der Waals surface area (Å²) in [5.41, 5.74) is 1.36. The first kappa shape index (κ1) is 28.8. The molecule has 1 aromatic heterocycles. The van der Waals surface area contributed by atoms with E-state index in [2.05, 4.69) is 17.1 Å². The third-order valence-corrected chi connectivity index (χ3v) is 8.79. The third kappa shape index (κ3) is 6.29.